The minimum atomic E-state index is -0.718. The molecule has 8 aromatic heterocycles. The highest BCUT2D eigenvalue weighted by molar-refractivity contribution is 5.95. The van der Waals surface area contributed by atoms with Crippen LogP contribution < -0.4 is 57.2 Å². The highest BCUT2D eigenvalue weighted by atomic mass is 19.1. The second kappa shape index (κ2) is 42.8. The molecule has 5 aliphatic heterocycles. The lowest BCUT2D eigenvalue weighted by Gasteiger charge is -2.35. The minimum Gasteiger partial charge on any atom is -0.506 e. The van der Waals surface area contributed by atoms with E-state index in [9.17, 15) is 71.2 Å². The molecule has 5 aliphatic rings. The number of halogens is 4. The quantitative estimate of drug-likeness (QED) is 0.0332. The van der Waals surface area contributed by atoms with Gasteiger partial charge in [-0.05, 0) is 171 Å². The molecule has 0 atom stereocenters. The van der Waals surface area contributed by atoms with Crippen LogP contribution in [0.25, 0.3) is 66.4 Å². The van der Waals surface area contributed by atoms with Crippen molar-refractivity contribution in [3.8, 4) is 45.7 Å². The molecule has 4 amide bonds. The number of likely N-dealkylation sites (tertiary alicyclic amines) is 1. The number of para-hydroxylation sites is 4. The van der Waals surface area contributed by atoms with E-state index in [2.05, 4.69) is 97.5 Å². The summed E-state index contributed by atoms with van der Waals surface area (Å²) in [6.07, 6.45) is 9.66. The summed E-state index contributed by atoms with van der Waals surface area (Å²) in [4.78, 5) is 157. The number of fused-ring (bicyclic) bond motifs is 4. The molecule has 0 aliphatic carbocycles. The van der Waals surface area contributed by atoms with Crippen molar-refractivity contribution >= 4 is 102 Å². The molecule has 17 rings (SSSR count). The highest BCUT2D eigenvalue weighted by Crippen LogP contribution is 2.36. The normalized spacial score (nSPS) is 14.9. The van der Waals surface area contributed by atoms with Gasteiger partial charge in [-0.2, -0.15) is 9.97 Å². The number of nitrogens with zero attached hydrogens (tertiary/aromatic N) is 22. The monoisotopic (exact) mass is 1880 g/mol. The number of aryl methyl sites for hydroxylation is 4. The van der Waals surface area contributed by atoms with E-state index in [1.54, 1.807) is 77.6 Å². The summed E-state index contributed by atoms with van der Waals surface area (Å²) in [6.45, 7) is 38.5. The van der Waals surface area contributed by atoms with E-state index >= 15 is 0 Å². The summed E-state index contributed by atoms with van der Waals surface area (Å²) < 4.78 is 68.6. The lowest BCUT2D eigenvalue weighted by molar-refractivity contribution is -0.127. The molecule has 5 fully saturated rings. The lowest BCUT2D eigenvalue weighted by atomic mass is 10.1. The number of hydrogen-bond donors (Lipinski definition) is 5. The molecule has 36 nitrogen and oxygen atoms in total. The van der Waals surface area contributed by atoms with E-state index in [0.717, 1.165) is 59.3 Å². The summed E-state index contributed by atoms with van der Waals surface area (Å²) in [6, 6.07) is 23.2. The maximum absolute atomic E-state index is 14.8. The molecule has 0 unspecified atom stereocenters. The molecule has 137 heavy (non-hydrogen) atoms. The van der Waals surface area contributed by atoms with E-state index in [-0.39, 0.29) is 103 Å². The van der Waals surface area contributed by atoms with Crippen LogP contribution in [-0.2, 0) is 19.2 Å². The van der Waals surface area contributed by atoms with Crippen LogP contribution in [0, 0.1) is 51.0 Å². The molecule has 5 saturated heterocycles. The number of piperidine rings is 1. The van der Waals surface area contributed by atoms with Gasteiger partial charge in [0.15, 0.2) is 23.3 Å². The van der Waals surface area contributed by atoms with Crippen molar-refractivity contribution in [1.29, 1.82) is 0 Å². The second-order valence-corrected chi connectivity index (χ2v) is 33.2. The molecule has 0 saturated carbocycles. The third kappa shape index (κ3) is 20.6. The highest BCUT2D eigenvalue weighted by Gasteiger charge is 2.33. The van der Waals surface area contributed by atoms with Gasteiger partial charge < -0.3 is 79.7 Å². The predicted octanol–water partition coefficient (Wildman–Crippen LogP) is 8.64. The number of methoxy groups -OCH3 is 1. The smallest absolute Gasteiger partial charge is 0.282 e. The Kier molecular flexibility index (Phi) is 30.5. The number of hydrogen-bond acceptors (Lipinski definition) is 28. The third-order valence-corrected chi connectivity index (χ3v) is 24.9. The number of phenols is 3. The van der Waals surface area contributed by atoms with Crippen molar-refractivity contribution in [2.45, 2.75) is 60.4 Å². The average Bonchev–Trinajstić information content (AvgIpc) is 0.750. The maximum atomic E-state index is 14.8. The number of aromatic nitrogens is 12. The number of aromatic hydroxyl groups is 3. The van der Waals surface area contributed by atoms with Crippen molar-refractivity contribution < 1.29 is 56.8 Å². The first-order valence-corrected chi connectivity index (χ1v) is 44.9. The van der Waals surface area contributed by atoms with Crippen molar-refractivity contribution in [3.63, 3.8) is 0 Å². The lowest BCUT2D eigenvalue weighted by Crippen LogP contribution is -2.48. The Bertz CT molecular complexity index is 6850. The number of carbonyl (C=O) groups excluding carboxylic acids is 4. The maximum Gasteiger partial charge on any atom is 0.282 e. The minimum absolute atomic E-state index is 0.0473. The topological polar surface area (TPSA) is 386 Å². The van der Waals surface area contributed by atoms with Gasteiger partial charge in [0.1, 0.15) is 104 Å². The number of anilines is 6. The number of likely N-dealkylation sites (N-methyl/N-ethyl adjacent to an activating group) is 1. The van der Waals surface area contributed by atoms with Crippen molar-refractivity contribution in [2.24, 2.45) is 0 Å². The fourth-order valence-corrected chi connectivity index (χ4v) is 17.6. The van der Waals surface area contributed by atoms with Gasteiger partial charge in [0.2, 0.25) is 35.5 Å². The van der Waals surface area contributed by atoms with Crippen LogP contribution in [0.3, 0.4) is 0 Å². The molecular formula is C97H108F4N24O12. The molecule has 0 bridgehead atoms. The number of amides is 4. The number of piperazine rings is 4. The van der Waals surface area contributed by atoms with E-state index in [4.69, 9.17) is 14.7 Å². The fourth-order valence-electron chi connectivity index (χ4n) is 17.6. The Morgan fingerprint density at radius 1 is 0.423 bits per heavy atom. The summed E-state index contributed by atoms with van der Waals surface area (Å²) in [7, 11) is 3.51. The number of phenolic OH excluding ortho intramolecular Hbond substituents is 3. The molecule has 4 aromatic carbocycles. The summed E-state index contributed by atoms with van der Waals surface area (Å²) >= 11 is 0. The van der Waals surface area contributed by atoms with Crippen LogP contribution >= 0.6 is 0 Å². The van der Waals surface area contributed by atoms with Crippen LogP contribution in [0.5, 0.6) is 23.0 Å². The number of rotatable bonds is 21. The van der Waals surface area contributed by atoms with E-state index < -0.39 is 45.5 Å². The molecule has 716 valence electrons. The van der Waals surface area contributed by atoms with Gasteiger partial charge in [-0.3, -0.25) is 56.6 Å². The van der Waals surface area contributed by atoms with Crippen LogP contribution in [-0.4, -0.2) is 291 Å². The van der Waals surface area contributed by atoms with E-state index in [1.165, 1.54) is 115 Å². The second-order valence-electron chi connectivity index (χ2n) is 33.2. The zero-order chi connectivity index (χ0) is 97.9. The van der Waals surface area contributed by atoms with Crippen molar-refractivity contribution in [3.05, 3.63) is 248 Å². The molecule has 5 N–H and O–H groups in total. The predicted molar refractivity (Wildman–Crippen MR) is 517 cm³/mol. The Hall–Kier alpha value is -15.5. The fraction of sp³-hybridized carbons (Fsp3) is 0.340. The first-order valence-electron chi connectivity index (χ1n) is 44.9. The van der Waals surface area contributed by atoms with E-state index in [1.807, 2.05) is 19.6 Å². The van der Waals surface area contributed by atoms with Crippen LogP contribution in [0.2, 0.25) is 0 Å². The molecule has 12 aromatic rings. The molecule has 13 heterocycles. The third-order valence-electron chi connectivity index (χ3n) is 24.9. The molecule has 40 heteroatoms. The van der Waals surface area contributed by atoms with Gasteiger partial charge in [-0.1, -0.05) is 64.4 Å². The molecule has 0 radical (unpaired) electrons. The van der Waals surface area contributed by atoms with Gasteiger partial charge in [-0.15, -0.1) is 0 Å². The summed E-state index contributed by atoms with van der Waals surface area (Å²) in [5.41, 5.74) is -0.330. The number of carbonyl (C=O) groups is 4. The van der Waals surface area contributed by atoms with Gasteiger partial charge in [0, 0.05) is 147 Å². The first kappa shape index (κ1) is 97.5. The number of benzene rings is 4. The largest absolute Gasteiger partial charge is 0.506 e. The zero-order valence-corrected chi connectivity index (χ0v) is 77.4. The van der Waals surface area contributed by atoms with Gasteiger partial charge >= 0.3 is 0 Å². The Morgan fingerprint density at radius 3 is 1.07 bits per heavy atom. The average molecular weight is 1880 g/mol. The van der Waals surface area contributed by atoms with Crippen LogP contribution in [0.15, 0.2) is 180 Å². The van der Waals surface area contributed by atoms with Gasteiger partial charge in [-0.25, -0.2) is 47.5 Å². The molecule has 0 spiro atoms. The standard InChI is InChI=1S/C27H32FN7O3.C27H34FN7O3.C22H22FN5O3.C21H20FN5O3/c1-4-22(37)33-12-14-34(15-13-33)25-19-16-17(2)35(24-20(28)6-5-7-21(24)36)26(38)23(19)30-27(31-25)29-18-8-10-32(3)11-9-18;1-5-22(37)33-13-15-34(16-14-33)25-19-17-18(4)35(24-20(28)9-8-10-21(24)36)26(38)23(19)30-27(31-25)29-11-12-32(6-2)7-3;1-4-18(29)26-8-10-27(11-9-26)21-15-12-14(2)28(22(30)19(15)24-13-25-21)20-16(23)6-5-7-17(20)31-3;1-3-17(29)25-7-9-26(10-8-25)20-14-11-13(2)27(21(30)18(14)23-12-24-20)19-15(22)5-4-6-16(19)28/h4-7,16,18,36H,1,8-15H2,2-3H3,(H,29,30,31);5,8-10,17,36H,1,6-7,11-16H2,2-4H3,(H,29,30,31);4-7,12-13H,1,8-11H2,2-3H3;3-6,11-12,28H,1,7-10H2,2H3. The molecular weight excluding hydrogens is 1770 g/mol. The SMILES string of the molecule is C=CC(=O)N1CCN(c2nc(NC3CCN(C)CC3)nc3c(=O)n(-c4c(O)cccc4F)c(C)cc23)CC1.C=CC(=O)N1CCN(c2nc(NCCN(CC)CC)nc3c(=O)n(-c4c(O)cccc4F)c(C)cc23)CC1.C=CC(=O)N1CCN(c2ncnc3c(=O)n(-c4c(F)cccc4OC)c(C)cc23)CC1.C=CC(=O)N1CCN(c2ncnc3c(=O)n(-c4c(O)cccc4F)c(C)cc23)CC1. The number of pyridine rings is 4. The Balaban J connectivity index is 0.000000147. The van der Waals surface area contributed by atoms with Gasteiger partial charge in [0.25, 0.3) is 22.2 Å². The van der Waals surface area contributed by atoms with Crippen LogP contribution in [0.1, 0.15) is 49.5 Å². The zero-order valence-electron chi connectivity index (χ0n) is 77.4. The van der Waals surface area contributed by atoms with Crippen molar-refractivity contribution in [2.75, 3.05) is 188 Å². The van der Waals surface area contributed by atoms with Crippen LogP contribution in [0.4, 0.5) is 52.7 Å². The number of nitrogens with one attached hydrogen (secondary N) is 2. The van der Waals surface area contributed by atoms with Gasteiger partial charge in [0.05, 0.1) is 28.7 Å². The summed E-state index contributed by atoms with van der Waals surface area (Å²) in [5, 5.41) is 39.8. The number of ether oxygens (including phenoxy) is 1. The summed E-state index contributed by atoms with van der Waals surface area (Å²) in [5.74, 6) is -0.985. The first-order chi connectivity index (χ1) is 65.9. The van der Waals surface area contributed by atoms with Crippen molar-refractivity contribution in [1.82, 2.24) is 87.5 Å². The van der Waals surface area contributed by atoms with E-state index in [0.29, 0.717) is 185 Å². The Morgan fingerprint density at radius 2 is 0.730 bits per heavy atom. The Labute approximate surface area is 785 Å².